The van der Waals surface area contributed by atoms with Crippen LogP contribution in [0.4, 0.5) is 5.82 Å². The van der Waals surface area contributed by atoms with E-state index in [0.29, 0.717) is 11.2 Å². The van der Waals surface area contributed by atoms with Crippen LogP contribution >= 0.6 is 0 Å². The summed E-state index contributed by atoms with van der Waals surface area (Å²) in [6.45, 7) is 0. The number of fused-ring (bicyclic) bond motifs is 2. The van der Waals surface area contributed by atoms with E-state index in [1.54, 1.807) is 4.57 Å². The highest BCUT2D eigenvalue weighted by molar-refractivity contribution is 6.02. The van der Waals surface area contributed by atoms with E-state index in [4.69, 9.17) is 10.5 Å². The van der Waals surface area contributed by atoms with E-state index in [1.807, 2.05) is 60.8 Å². The lowest BCUT2D eigenvalue weighted by Crippen LogP contribution is -2.24. The number of carbonyl (C=O) groups is 1. The molecule has 0 unspecified atom stereocenters. The number of rotatable bonds is 4. The van der Waals surface area contributed by atoms with Gasteiger partial charge in [-0.3, -0.25) is 14.2 Å². The molecular formula is C29H27N5O3. The highest BCUT2D eigenvalue weighted by Crippen LogP contribution is 2.39. The first-order chi connectivity index (χ1) is 18.0. The third-order valence-electron chi connectivity index (χ3n) is 7.51. The lowest BCUT2D eigenvalue weighted by molar-refractivity contribution is -0.146. The summed E-state index contributed by atoms with van der Waals surface area (Å²) in [4.78, 5) is 34.3. The van der Waals surface area contributed by atoms with E-state index in [0.717, 1.165) is 58.9 Å². The van der Waals surface area contributed by atoms with Crippen LogP contribution in [0.25, 0.3) is 38.6 Å². The van der Waals surface area contributed by atoms with E-state index in [-0.39, 0.29) is 23.5 Å². The minimum atomic E-state index is -0.139. The molecule has 8 heteroatoms. The normalized spacial score (nSPS) is 17.8. The summed E-state index contributed by atoms with van der Waals surface area (Å²) < 4.78 is 8.77. The van der Waals surface area contributed by atoms with Crippen LogP contribution in [-0.2, 0) is 9.53 Å². The lowest BCUT2D eigenvalue weighted by atomic mass is 9.86. The third kappa shape index (κ3) is 3.94. The van der Waals surface area contributed by atoms with Gasteiger partial charge in [0, 0.05) is 35.1 Å². The zero-order valence-corrected chi connectivity index (χ0v) is 20.5. The van der Waals surface area contributed by atoms with Gasteiger partial charge in [0.25, 0.3) is 5.56 Å². The monoisotopic (exact) mass is 493 g/mol. The highest BCUT2D eigenvalue weighted by atomic mass is 16.5. The largest absolute Gasteiger partial charge is 0.469 e. The molecule has 6 rings (SSSR count). The van der Waals surface area contributed by atoms with Crippen LogP contribution in [0, 0.1) is 5.92 Å². The van der Waals surface area contributed by atoms with Crippen LogP contribution < -0.4 is 11.3 Å². The second-order valence-corrected chi connectivity index (χ2v) is 9.56. The number of esters is 1. The summed E-state index contributed by atoms with van der Waals surface area (Å²) in [6.07, 6.45) is 8.57. The molecule has 8 nitrogen and oxygen atoms in total. The molecule has 3 aromatic heterocycles. The Morgan fingerprint density at radius 3 is 2.57 bits per heavy atom. The molecule has 0 saturated heterocycles. The number of hydrogen-bond acceptors (Lipinski definition) is 6. The molecule has 3 heterocycles. The molecule has 1 aliphatic carbocycles. The molecule has 0 aliphatic heterocycles. The van der Waals surface area contributed by atoms with Gasteiger partial charge >= 0.3 is 5.97 Å². The maximum atomic E-state index is 13.5. The van der Waals surface area contributed by atoms with Crippen LogP contribution in [0.5, 0.6) is 0 Å². The average Bonchev–Trinajstić information content (AvgIpc) is 3.34. The van der Waals surface area contributed by atoms with Crippen LogP contribution in [0.3, 0.4) is 0 Å². The zero-order chi connectivity index (χ0) is 25.5. The summed E-state index contributed by atoms with van der Waals surface area (Å²) in [6, 6.07) is 17.6. The minimum Gasteiger partial charge on any atom is -0.469 e. The van der Waals surface area contributed by atoms with Crippen molar-refractivity contribution < 1.29 is 9.53 Å². The quantitative estimate of drug-likeness (QED) is 0.358. The molecule has 2 aromatic carbocycles. The summed E-state index contributed by atoms with van der Waals surface area (Å²) in [5.74, 6) is 0.201. The average molecular weight is 494 g/mol. The zero-order valence-electron chi connectivity index (χ0n) is 20.5. The van der Waals surface area contributed by atoms with Gasteiger partial charge in [-0.1, -0.05) is 30.3 Å². The van der Waals surface area contributed by atoms with Crippen LogP contribution in [-0.4, -0.2) is 32.2 Å². The second kappa shape index (κ2) is 9.20. The summed E-state index contributed by atoms with van der Waals surface area (Å²) in [7, 11) is 1.44. The van der Waals surface area contributed by atoms with E-state index in [1.165, 1.54) is 13.4 Å². The van der Waals surface area contributed by atoms with E-state index in [2.05, 4.69) is 20.7 Å². The fraction of sp³-hybridized carbons (Fsp3) is 0.241. The number of pyridine rings is 1. The topological polar surface area (TPSA) is 105 Å². The number of benzene rings is 2. The van der Waals surface area contributed by atoms with Crippen molar-refractivity contribution >= 4 is 33.6 Å². The Kier molecular flexibility index (Phi) is 5.71. The Bertz CT molecular complexity index is 1680. The number of methoxy groups -OCH3 is 1. The highest BCUT2D eigenvalue weighted by Gasteiger charge is 2.29. The van der Waals surface area contributed by atoms with Gasteiger partial charge in [0.2, 0.25) is 0 Å². The van der Waals surface area contributed by atoms with Crippen molar-refractivity contribution in [3.63, 3.8) is 0 Å². The van der Waals surface area contributed by atoms with Crippen LogP contribution in [0.2, 0.25) is 0 Å². The fourth-order valence-electron chi connectivity index (χ4n) is 5.56. The Morgan fingerprint density at radius 1 is 1.03 bits per heavy atom. The number of nitrogen functional groups attached to an aromatic ring is 1. The van der Waals surface area contributed by atoms with Crippen LogP contribution in [0.15, 0.2) is 78.1 Å². The summed E-state index contributed by atoms with van der Waals surface area (Å²) in [5.41, 5.74) is 9.63. The minimum absolute atomic E-state index is 0.0606. The number of nitrogens with two attached hydrogens (primary N) is 1. The van der Waals surface area contributed by atoms with Gasteiger partial charge in [0.15, 0.2) is 0 Å². The van der Waals surface area contributed by atoms with Crippen molar-refractivity contribution in [2.75, 3.05) is 12.8 Å². The first kappa shape index (κ1) is 23.0. The molecular weight excluding hydrogens is 466 g/mol. The van der Waals surface area contributed by atoms with Crippen molar-refractivity contribution in [2.24, 2.45) is 5.92 Å². The van der Waals surface area contributed by atoms with E-state index >= 15 is 0 Å². The molecule has 0 radical (unpaired) electrons. The van der Waals surface area contributed by atoms with E-state index in [9.17, 15) is 9.59 Å². The molecule has 2 N–H and O–H groups in total. The van der Waals surface area contributed by atoms with Crippen molar-refractivity contribution in [3.05, 3.63) is 83.7 Å². The molecule has 1 aliphatic rings. The standard InChI is InChI=1S/C29H27N5O3/c1-37-29(36)19-9-11-22(12-10-19)34-16-24(25-26(30)31-17-32-27(25)34)20-8-7-18-13-14-33(28(35)23(18)15-20)21-5-3-2-4-6-21/h2-8,13-17,19,22H,9-12H2,1H3,(H2,30,31,32). The van der Waals surface area contributed by atoms with Crippen molar-refractivity contribution in [1.82, 2.24) is 19.1 Å². The first-order valence-electron chi connectivity index (χ1n) is 12.4. The first-order valence-corrected chi connectivity index (χ1v) is 12.4. The molecule has 5 aromatic rings. The number of aromatic nitrogens is 4. The van der Waals surface area contributed by atoms with Gasteiger partial charge in [0.05, 0.1) is 18.4 Å². The van der Waals surface area contributed by atoms with Gasteiger partial charge in [-0.05, 0) is 60.9 Å². The van der Waals surface area contributed by atoms with Gasteiger partial charge in [0.1, 0.15) is 17.8 Å². The predicted molar refractivity (Wildman–Crippen MR) is 143 cm³/mol. The van der Waals surface area contributed by atoms with Crippen molar-refractivity contribution in [2.45, 2.75) is 31.7 Å². The number of carbonyl (C=O) groups excluding carboxylic acids is 1. The number of anilines is 1. The molecule has 1 fully saturated rings. The van der Waals surface area contributed by atoms with Gasteiger partial charge in [-0.15, -0.1) is 0 Å². The maximum Gasteiger partial charge on any atom is 0.308 e. The molecule has 0 bridgehead atoms. The Morgan fingerprint density at radius 2 is 1.81 bits per heavy atom. The smallest absolute Gasteiger partial charge is 0.308 e. The molecule has 1 saturated carbocycles. The molecule has 186 valence electrons. The molecule has 0 amide bonds. The van der Waals surface area contributed by atoms with Crippen LogP contribution in [0.1, 0.15) is 31.7 Å². The summed E-state index contributed by atoms with van der Waals surface area (Å²) >= 11 is 0. The van der Waals surface area contributed by atoms with E-state index < -0.39 is 0 Å². The van der Waals surface area contributed by atoms with Gasteiger partial charge in [-0.2, -0.15) is 0 Å². The summed E-state index contributed by atoms with van der Waals surface area (Å²) in [5, 5.41) is 2.27. The number of ether oxygens (including phenoxy) is 1. The molecule has 37 heavy (non-hydrogen) atoms. The number of hydrogen-bond donors (Lipinski definition) is 1. The Hall–Kier alpha value is -4.46. The molecule has 0 atom stereocenters. The lowest BCUT2D eigenvalue weighted by Gasteiger charge is -2.28. The SMILES string of the molecule is COC(=O)C1CCC(n2cc(-c3ccc4ccn(-c5ccccc5)c(=O)c4c3)c3c(N)ncnc32)CC1. The third-order valence-corrected chi connectivity index (χ3v) is 7.51. The fourth-order valence-corrected chi connectivity index (χ4v) is 5.56. The van der Waals surface area contributed by atoms with Crippen molar-refractivity contribution in [3.8, 4) is 16.8 Å². The predicted octanol–water partition coefficient (Wildman–Crippen LogP) is 4.89. The Balaban J connectivity index is 1.45. The Labute approximate surface area is 213 Å². The molecule has 0 spiro atoms. The van der Waals surface area contributed by atoms with Crippen molar-refractivity contribution in [1.29, 1.82) is 0 Å². The van der Waals surface area contributed by atoms with Gasteiger partial charge < -0.3 is 15.0 Å². The number of para-hydroxylation sites is 1. The number of nitrogens with zero attached hydrogens (tertiary/aromatic N) is 4. The maximum absolute atomic E-state index is 13.5. The van der Waals surface area contributed by atoms with Gasteiger partial charge in [-0.25, -0.2) is 9.97 Å². The second-order valence-electron chi connectivity index (χ2n) is 9.56.